The zero-order chi connectivity index (χ0) is 8.04. The van der Waals surface area contributed by atoms with Gasteiger partial charge in [-0.3, -0.25) is 0 Å². The van der Waals surface area contributed by atoms with Gasteiger partial charge in [0.2, 0.25) is 0 Å². The average Bonchev–Trinajstić information content (AvgIpc) is 2.07. The molecule has 0 saturated heterocycles. The van der Waals surface area contributed by atoms with E-state index in [4.69, 9.17) is 0 Å². The summed E-state index contributed by atoms with van der Waals surface area (Å²) >= 11 is 0. The van der Waals surface area contributed by atoms with E-state index in [9.17, 15) is 17.3 Å². The Morgan fingerprint density at radius 2 is 1.64 bits per heavy atom. The molecule has 1 heterocycles. The van der Waals surface area contributed by atoms with Crippen molar-refractivity contribution in [1.29, 1.82) is 0 Å². The molecule has 0 aliphatic rings. The van der Waals surface area contributed by atoms with E-state index < -0.39 is 7.25 Å². The van der Waals surface area contributed by atoms with Crippen LogP contribution in [0.2, 0.25) is 0 Å². The molecule has 0 bridgehead atoms. The van der Waals surface area contributed by atoms with Crippen LogP contribution in [0.5, 0.6) is 0 Å². The first-order chi connectivity index (χ1) is 4.50. The second kappa shape index (κ2) is 6.31. The molecule has 11 heavy (non-hydrogen) atoms. The third-order valence-corrected chi connectivity index (χ3v) is 0.406. The van der Waals surface area contributed by atoms with Crippen molar-refractivity contribution in [3.05, 3.63) is 18.7 Å². The number of hydrogen-bond acceptors (Lipinski definition) is 1. The molecular weight excluding hydrogens is 158 g/mol. The predicted octanol–water partition coefficient (Wildman–Crippen LogP) is -1.29. The van der Waals surface area contributed by atoms with Crippen molar-refractivity contribution in [2.45, 2.75) is 0 Å². The summed E-state index contributed by atoms with van der Waals surface area (Å²) in [6.45, 7) is 0. The van der Waals surface area contributed by atoms with E-state index in [1.807, 2.05) is 0 Å². The number of halogens is 4. The van der Waals surface area contributed by atoms with E-state index in [0.717, 1.165) is 0 Å². The summed E-state index contributed by atoms with van der Waals surface area (Å²) in [5.41, 5.74) is 0. The second-order valence-corrected chi connectivity index (χ2v) is 1.26. The molecular formula is C3H4BF4LiN2. The van der Waals surface area contributed by atoms with Crippen LogP contribution in [0.15, 0.2) is 18.7 Å². The molecule has 0 spiro atoms. The molecule has 1 aromatic rings. The van der Waals surface area contributed by atoms with Gasteiger partial charge in [0.15, 0.2) is 0 Å². The van der Waals surface area contributed by atoms with Gasteiger partial charge < -0.3 is 22.2 Å². The van der Waals surface area contributed by atoms with Crippen molar-refractivity contribution >= 4 is 7.25 Å². The van der Waals surface area contributed by atoms with Gasteiger partial charge in [-0.25, -0.2) is 4.98 Å². The quantitative estimate of drug-likeness (QED) is 0.373. The predicted molar refractivity (Wildman–Crippen MR) is 28.8 cm³/mol. The van der Waals surface area contributed by atoms with E-state index in [1.165, 1.54) is 0 Å². The van der Waals surface area contributed by atoms with Gasteiger partial charge in [0.05, 0.1) is 6.33 Å². The standard InChI is InChI=1S/C3H4N2.BF4.Li/c1-2-5-3-4-1;2-1(3,4)5;/h1-3H,(H,4,5);;/q;-1;+1. The van der Waals surface area contributed by atoms with Crippen molar-refractivity contribution in [2.75, 3.05) is 0 Å². The largest absolute Gasteiger partial charge is 1.00 e. The van der Waals surface area contributed by atoms with Crippen molar-refractivity contribution < 1.29 is 36.1 Å². The van der Waals surface area contributed by atoms with Crippen LogP contribution in [-0.4, -0.2) is 17.2 Å². The van der Waals surface area contributed by atoms with Crippen molar-refractivity contribution in [2.24, 2.45) is 0 Å². The third-order valence-electron chi connectivity index (χ3n) is 0.406. The van der Waals surface area contributed by atoms with E-state index in [-0.39, 0.29) is 18.9 Å². The Bertz CT molecular complexity index is 130. The number of rotatable bonds is 0. The Morgan fingerprint density at radius 1 is 1.18 bits per heavy atom. The van der Waals surface area contributed by atoms with Crippen LogP contribution in [0.1, 0.15) is 0 Å². The van der Waals surface area contributed by atoms with Gasteiger partial charge in [-0.05, 0) is 0 Å². The zero-order valence-electron chi connectivity index (χ0n) is 5.77. The van der Waals surface area contributed by atoms with Crippen LogP contribution in [0.3, 0.4) is 0 Å². The van der Waals surface area contributed by atoms with E-state index >= 15 is 0 Å². The van der Waals surface area contributed by atoms with Crippen LogP contribution in [0.4, 0.5) is 17.3 Å². The van der Waals surface area contributed by atoms with E-state index in [1.54, 1.807) is 18.7 Å². The Kier molecular flexibility index (Phi) is 7.58. The number of aromatic nitrogens is 2. The molecule has 1 aromatic heterocycles. The monoisotopic (exact) mass is 162 g/mol. The van der Waals surface area contributed by atoms with Gasteiger partial charge in [-0.2, -0.15) is 0 Å². The first-order valence-electron chi connectivity index (χ1n) is 2.30. The summed E-state index contributed by atoms with van der Waals surface area (Å²) < 4.78 is 39.0. The molecule has 0 aliphatic heterocycles. The fraction of sp³-hybridized carbons (Fsp3) is 0. The topological polar surface area (TPSA) is 28.7 Å². The van der Waals surface area contributed by atoms with Crippen LogP contribution in [0, 0.1) is 0 Å². The number of aromatic amines is 1. The van der Waals surface area contributed by atoms with Gasteiger partial charge in [0.25, 0.3) is 0 Å². The molecule has 0 saturated carbocycles. The van der Waals surface area contributed by atoms with Crippen LogP contribution >= 0.6 is 0 Å². The number of imidazole rings is 1. The molecule has 0 aromatic carbocycles. The van der Waals surface area contributed by atoms with Crippen LogP contribution in [-0.2, 0) is 0 Å². The zero-order valence-corrected chi connectivity index (χ0v) is 5.77. The maximum absolute atomic E-state index is 9.75. The van der Waals surface area contributed by atoms with Crippen molar-refractivity contribution in [3.8, 4) is 0 Å². The smallest absolute Gasteiger partial charge is 0.418 e. The molecule has 0 radical (unpaired) electrons. The SMILES string of the molecule is F[B-](F)(F)F.[Li+].c1c[nH]cn1. The minimum absolute atomic E-state index is 0. The first kappa shape index (κ1) is 13.2. The molecule has 0 atom stereocenters. The average molecular weight is 162 g/mol. The number of nitrogens with zero attached hydrogens (tertiary/aromatic N) is 1. The van der Waals surface area contributed by atoms with Gasteiger partial charge in [0, 0.05) is 12.4 Å². The molecule has 1 N–H and O–H groups in total. The minimum Gasteiger partial charge on any atom is -0.418 e. The molecule has 1 rings (SSSR count). The van der Waals surface area contributed by atoms with Gasteiger partial charge in [0.1, 0.15) is 0 Å². The van der Waals surface area contributed by atoms with Gasteiger partial charge >= 0.3 is 26.1 Å². The molecule has 58 valence electrons. The number of nitrogens with one attached hydrogen (secondary N) is 1. The Morgan fingerprint density at radius 3 is 1.73 bits per heavy atom. The van der Waals surface area contributed by atoms with Crippen LogP contribution < -0.4 is 18.9 Å². The number of H-pyrrole nitrogens is 1. The molecule has 8 heteroatoms. The van der Waals surface area contributed by atoms with E-state index in [2.05, 4.69) is 9.97 Å². The maximum atomic E-state index is 9.75. The second-order valence-electron chi connectivity index (χ2n) is 1.26. The molecule has 2 nitrogen and oxygen atoms in total. The third kappa shape index (κ3) is 26.2. The summed E-state index contributed by atoms with van der Waals surface area (Å²) in [6, 6.07) is 0. The fourth-order valence-corrected chi connectivity index (χ4v) is 0.215. The minimum atomic E-state index is -6.00. The maximum Gasteiger partial charge on any atom is 1.00 e. The molecule has 0 fully saturated rings. The van der Waals surface area contributed by atoms with Crippen molar-refractivity contribution in [1.82, 2.24) is 9.97 Å². The summed E-state index contributed by atoms with van der Waals surface area (Å²) in [5.74, 6) is 0. The van der Waals surface area contributed by atoms with Gasteiger partial charge in [-0.15, -0.1) is 0 Å². The van der Waals surface area contributed by atoms with E-state index in [0.29, 0.717) is 0 Å². The fourth-order valence-electron chi connectivity index (χ4n) is 0.215. The summed E-state index contributed by atoms with van der Waals surface area (Å²) in [7, 11) is -6.00. The van der Waals surface area contributed by atoms with Crippen molar-refractivity contribution in [3.63, 3.8) is 0 Å². The summed E-state index contributed by atoms with van der Waals surface area (Å²) in [5, 5.41) is 0. The molecule has 0 amide bonds. The Balaban J connectivity index is 0. The van der Waals surface area contributed by atoms with Crippen LogP contribution in [0.25, 0.3) is 0 Å². The summed E-state index contributed by atoms with van der Waals surface area (Å²) in [4.78, 5) is 6.42. The Hall–Kier alpha value is -0.408. The molecule has 0 aliphatic carbocycles. The number of hydrogen-bond donors (Lipinski definition) is 1. The molecule has 0 unspecified atom stereocenters. The summed E-state index contributed by atoms with van der Waals surface area (Å²) in [6.07, 6.45) is 5.08. The van der Waals surface area contributed by atoms with Gasteiger partial charge in [-0.1, -0.05) is 0 Å². The Labute approximate surface area is 72.7 Å². The normalized spacial score (nSPS) is 9.09. The first-order valence-corrected chi connectivity index (χ1v) is 2.30.